The zero-order valence-corrected chi connectivity index (χ0v) is 6.89. The lowest BCUT2D eigenvalue weighted by Gasteiger charge is -2.06. The second-order valence-electron chi connectivity index (χ2n) is 2.35. The molecule has 2 nitrogen and oxygen atoms in total. The van der Waals surface area contributed by atoms with Crippen LogP contribution in [-0.4, -0.2) is 12.6 Å². The molecule has 0 saturated heterocycles. The van der Waals surface area contributed by atoms with Gasteiger partial charge in [-0.3, -0.25) is 4.79 Å². The van der Waals surface area contributed by atoms with E-state index in [1.807, 2.05) is 27.2 Å². The maximum atomic E-state index is 10.9. The number of hydrogen-bond donors (Lipinski definition) is 0. The molecular formula is C8H15O2. The van der Waals surface area contributed by atoms with E-state index in [1.165, 1.54) is 0 Å². The van der Waals surface area contributed by atoms with Crippen molar-refractivity contribution in [1.29, 1.82) is 0 Å². The molecule has 0 aliphatic carbocycles. The molecule has 59 valence electrons. The van der Waals surface area contributed by atoms with Crippen molar-refractivity contribution in [3.63, 3.8) is 0 Å². The molecule has 0 aliphatic heterocycles. The molecule has 1 atom stereocenters. The highest BCUT2D eigenvalue weighted by atomic mass is 16.5. The largest absolute Gasteiger partial charge is 0.465 e. The van der Waals surface area contributed by atoms with Gasteiger partial charge in [0.1, 0.15) is 0 Å². The van der Waals surface area contributed by atoms with Gasteiger partial charge in [0.05, 0.1) is 12.5 Å². The fraction of sp³-hybridized carbons (Fsp3) is 0.750. The van der Waals surface area contributed by atoms with Crippen LogP contribution in [0.5, 0.6) is 0 Å². The third-order valence-electron chi connectivity index (χ3n) is 1.41. The molecule has 0 aromatic carbocycles. The first-order valence-corrected chi connectivity index (χ1v) is 3.66. The zero-order chi connectivity index (χ0) is 7.98. The Morgan fingerprint density at radius 2 is 2.30 bits per heavy atom. The molecule has 2 heteroatoms. The molecule has 0 aromatic heterocycles. The second-order valence-corrected chi connectivity index (χ2v) is 2.35. The molecule has 0 N–H and O–H groups in total. The number of carbonyl (C=O) groups is 1. The van der Waals surface area contributed by atoms with E-state index in [2.05, 4.69) is 0 Å². The summed E-state index contributed by atoms with van der Waals surface area (Å²) in [6.45, 7) is 6.15. The lowest BCUT2D eigenvalue weighted by molar-refractivity contribution is -0.147. The molecule has 1 radical (unpaired) electrons. The van der Waals surface area contributed by atoms with Crippen LogP contribution in [0.4, 0.5) is 0 Å². The van der Waals surface area contributed by atoms with Gasteiger partial charge in [-0.05, 0) is 12.8 Å². The molecule has 0 fully saturated rings. The number of hydrogen-bond acceptors (Lipinski definition) is 2. The molecule has 0 bridgehead atoms. The smallest absolute Gasteiger partial charge is 0.308 e. The minimum Gasteiger partial charge on any atom is -0.465 e. The van der Waals surface area contributed by atoms with Gasteiger partial charge in [-0.1, -0.05) is 20.8 Å². The third kappa shape index (κ3) is 3.49. The number of esters is 1. The maximum Gasteiger partial charge on any atom is 0.308 e. The Kier molecular flexibility index (Phi) is 4.99. The minimum atomic E-state index is -0.0967. The van der Waals surface area contributed by atoms with Gasteiger partial charge in [0.2, 0.25) is 0 Å². The van der Waals surface area contributed by atoms with Crippen LogP contribution in [0.25, 0.3) is 0 Å². The lowest BCUT2D eigenvalue weighted by Crippen LogP contribution is -2.14. The van der Waals surface area contributed by atoms with Crippen molar-refractivity contribution >= 4 is 5.97 Å². The van der Waals surface area contributed by atoms with E-state index in [-0.39, 0.29) is 11.9 Å². The van der Waals surface area contributed by atoms with Crippen molar-refractivity contribution in [2.45, 2.75) is 27.2 Å². The van der Waals surface area contributed by atoms with Crippen molar-refractivity contribution in [2.24, 2.45) is 5.92 Å². The van der Waals surface area contributed by atoms with Crippen LogP contribution in [0.1, 0.15) is 27.2 Å². The summed E-state index contributed by atoms with van der Waals surface area (Å²) < 4.78 is 4.85. The maximum absolute atomic E-state index is 10.9. The van der Waals surface area contributed by atoms with E-state index >= 15 is 0 Å². The summed E-state index contributed by atoms with van der Waals surface area (Å²) in [5.41, 5.74) is 0. The molecule has 0 aliphatic rings. The Hall–Kier alpha value is -0.530. The van der Waals surface area contributed by atoms with Gasteiger partial charge in [0.15, 0.2) is 0 Å². The summed E-state index contributed by atoms with van der Waals surface area (Å²) in [7, 11) is 0. The molecular weight excluding hydrogens is 128 g/mol. The summed E-state index contributed by atoms with van der Waals surface area (Å²) in [6, 6.07) is 0. The second kappa shape index (κ2) is 5.27. The normalized spacial score (nSPS) is 12.7. The van der Waals surface area contributed by atoms with Gasteiger partial charge in [0.25, 0.3) is 0 Å². The monoisotopic (exact) mass is 143 g/mol. The molecule has 1 unspecified atom stereocenters. The third-order valence-corrected chi connectivity index (χ3v) is 1.41. The van der Waals surface area contributed by atoms with Crippen molar-refractivity contribution in [2.75, 3.05) is 6.61 Å². The first-order valence-electron chi connectivity index (χ1n) is 3.66. The van der Waals surface area contributed by atoms with Crippen molar-refractivity contribution < 1.29 is 9.53 Å². The molecule has 0 amide bonds. The Bertz CT molecular complexity index is 99.4. The Balaban J connectivity index is 3.42. The van der Waals surface area contributed by atoms with E-state index in [0.29, 0.717) is 6.61 Å². The van der Waals surface area contributed by atoms with Gasteiger partial charge in [-0.15, -0.1) is 0 Å². The fourth-order valence-corrected chi connectivity index (χ4v) is 0.474. The first kappa shape index (κ1) is 9.47. The van der Waals surface area contributed by atoms with Crippen LogP contribution in [-0.2, 0) is 9.53 Å². The van der Waals surface area contributed by atoms with Crippen LogP contribution >= 0.6 is 0 Å². The predicted molar refractivity (Wildman–Crippen MR) is 40.4 cm³/mol. The van der Waals surface area contributed by atoms with E-state index in [4.69, 9.17) is 4.74 Å². The van der Waals surface area contributed by atoms with Gasteiger partial charge in [-0.2, -0.15) is 0 Å². The lowest BCUT2D eigenvalue weighted by atomic mass is 10.1. The molecule has 0 saturated carbocycles. The highest BCUT2D eigenvalue weighted by molar-refractivity contribution is 5.71. The fourth-order valence-electron chi connectivity index (χ4n) is 0.474. The molecule has 0 aromatic rings. The zero-order valence-electron chi connectivity index (χ0n) is 6.89. The van der Waals surface area contributed by atoms with Crippen LogP contribution in [0, 0.1) is 12.3 Å². The van der Waals surface area contributed by atoms with Gasteiger partial charge >= 0.3 is 5.97 Å². The highest BCUT2D eigenvalue weighted by Gasteiger charge is 2.10. The topological polar surface area (TPSA) is 26.3 Å². The summed E-state index contributed by atoms with van der Waals surface area (Å²) in [5, 5.41) is 0. The number of rotatable bonds is 4. The molecule has 0 rings (SSSR count). The Morgan fingerprint density at radius 3 is 2.70 bits per heavy atom. The first-order chi connectivity index (χ1) is 4.72. The van der Waals surface area contributed by atoms with E-state index in [9.17, 15) is 4.79 Å². The SMILES string of the molecule is C[CH]COC(=O)C(C)CC. The minimum absolute atomic E-state index is 0.0416. The highest BCUT2D eigenvalue weighted by Crippen LogP contribution is 2.02. The standard InChI is InChI=1S/C8H15O2/c1-4-6-10-8(9)7(3)5-2/h4,7H,5-6H2,1-3H3. The van der Waals surface area contributed by atoms with Crippen molar-refractivity contribution in [3.05, 3.63) is 6.42 Å². The average molecular weight is 143 g/mol. The van der Waals surface area contributed by atoms with Crippen LogP contribution in [0.3, 0.4) is 0 Å². The Morgan fingerprint density at radius 1 is 1.70 bits per heavy atom. The van der Waals surface area contributed by atoms with Crippen LogP contribution in [0.2, 0.25) is 0 Å². The van der Waals surface area contributed by atoms with Crippen molar-refractivity contribution in [3.8, 4) is 0 Å². The van der Waals surface area contributed by atoms with Gasteiger partial charge in [0, 0.05) is 0 Å². The number of ether oxygens (including phenoxy) is 1. The van der Waals surface area contributed by atoms with Gasteiger partial charge in [-0.25, -0.2) is 0 Å². The van der Waals surface area contributed by atoms with Crippen molar-refractivity contribution in [1.82, 2.24) is 0 Å². The summed E-state index contributed by atoms with van der Waals surface area (Å²) >= 11 is 0. The average Bonchev–Trinajstić information content (AvgIpc) is 1.98. The predicted octanol–water partition coefficient (Wildman–Crippen LogP) is 1.80. The van der Waals surface area contributed by atoms with Gasteiger partial charge < -0.3 is 4.74 Å². The quantitative estimate of drug-likeness (QED) is 0.561. The van der Waals surface area contributed by atoms with Crippen LogP contribution in [0.15, 0.2) is 0 Å². The summed E-state index contributed by atoms with van der Waals surface area (Å²) in [5.74, 6) is -0.0550. The van der Waals surface area contributed by atoms with E-state index in [0.717, 1.165) is 6.42 Å². The number of carbonyl (C=O) groups excluding carboxylic acids is 1. The summed E-state index contributed by atoms with van der Waals surface area (Å²) in [4.78, 5) is 10.9. The van der Waals surface area contributed by atoms with E-state index < -0.39 is 0 Å². The van der Waals surface area contributed by atoms with E-state index in [1.54, 1.807) is 0 Å². The summed E-state index contributed by atoms with van der Waals surface area (Å²) in [6.07, 6.45) is 2.67. The molecule has 0 spiro atoms. The van der Waals surface area contributed by atoms with Crippen LogP contribution < -0.4 is 0 Å². The Labute approximate surface area is 62.6 Å². The molecule has 10 heavy (non-hydrogen) atoms. The molecule has 0 heterocycles.